The topological polar surface area (TPSA) is 93.5 Å². The summed E-state index contributed by atoms with van der Waals surface area (Å²) in [5, 5.41) is 8.83. The lowest BCUT2D eigenvalue weighted by atomic mass is 10.3. The van der Waals surface area contributed by atoms with Crippen LogP contribution in [0.5, 0.6) is 5.95 Å². The van der Waals surface area contributed by atoms with Gasteiger partial charge in [-0.3, -0.25) is 4.79 Å². The van der Waals surface area contributed by atoms with E-state index in [2.05, 4.69) is 9.40 Å². The van der Waals surface area contributed by atoms with Crippen LogP contribution in [0.15, 0.2) is 30.9 Å². The van der Waals surface area contributed by atoms with E-state index in [0.717, 1.165) is 12.5 Å². The Hall–Kier alpha value is -2.11. The molecule has 0 aromatic carbocycles. The van der Waals surface area contributed by atoms with Crippen LogP contribution in [0.4, 0.5) is 0 Å². The van der Waals surface area contributed by atoms with Crippen LogP contribution in [0, 0.1) is 0 Å². The van der Waals surface area contributed by atoms with Crippen molar-refractivity contribution in [3.8, 4) is 5.95 Å². The van der Waals surface area contributed by atoms with Crippen LogP contribution in [0.3, 0.4) is 0 Å². The Bertz CT molecular complexity index is 567. The lowest BCUT2D eigenvalue weighted by Crippen LogP contribution is -2.07. The molecule has 6 heteroatoms. The number of rotatable bonds is 0. The summed E-state index contributed by atoms with van der Waals surface area (Å²) in [6, 6.07) is 0.956. The SMILES string of the molecule is O=c1cc2ocnc(=O)c2c(O)o1. The standard InChI is InChI=1S/C7H3NO5/c9-4-1-3-5(7(11)13-4)6(10)8-2-12-3/h1-2,11H. The van der Waals surface area contributed by atoms with E-state index in [0.29, 0.717) is 0 Å². The molecule has 0 unspecified atom stereocenters. The van der Waals surface area contributed by atoms with Crippen molar-refractivity contribution < 1.29 is 13.9 Å². The van der Waals surface area contributed by atoms with E-state index >= 15 is 0 Å². The summed E-state index contributed by atoms with van der Waals surface area (Å²) in [4.78, 5) is 25.0. The smallest absolute Gasteiger partial charge is 0.342 e. The largest absolute Gasteiger partial charge is 0.480 e. The fourth-order valence-corrected chi connectivity index (χ4v) is 0.946. The fourth-order valence-electron chi connectivity index (χ4n) is 0.946. The molecule has 13 heavy (non-hydrogen) atoms. The molecule has 1 N–H and O–H groups in total. The number of hydrogen-bond donors (Lipinski definition) is 1. The first-order valence-corrected chi connectivity index (χ1v) is 3.29. The minimum atomic E-state index is -0.792. The molecule has 6 nitrogen and oxygen atoms in total. The summed E-state index contributed by atoms with van der Waals surface area (Å²) in [6.45, 7) is 0. The predicted octanol–water partition coefficient (Wildman–Crippen LogP) is -0.153. The summed E-state index contributed by atoms with van der Waals surface area (Å²) >= 11 is 0. The van der Waals surface area contributed by atoms with Crippen LogP contribution in [0.25, 0.3) is 11.0 Å². The lowest BCUT2D eigenvalue weighted by molar-refractivity contribution is 0.315. The average molecular weight is 181 g/mol. The van der Waals surface area contributed by atoms with Crippen molar-refractivity contribution in [3.63, 3.8) is 0 Å². The molecule has 0 saturated heterocycles. The van der Waals surface area contributed by atoms with Crippen molar-refractivity contribution in [2.24, 2.45) is 0 Å². The van der Waals surface area contributed by atoms with E-state index in [4.69, 9.17) is 9.52 Å². The molecule has 0 spiro atoms. The third-order valence-corrected chi connectivity index (χ3v) is 1.47. The van der Waals surface area contributed by atoms with Gasteiger partial charge in [-0.25, -0.2) is 4.79 Å². The molecule has 0 aliphatic heterocycles. The normalized spacial score (nSPS) is 10.5. The first kappa shape index (κ1) is 7.53. The minimum absolute atomic E-state index is 0.0475. The number of nitrogens with zero attached hydrogens (tertiary/aromatic N) is 1. The molecule has 0 aliphatic carbocycles. The molecule has 66 valence electrons. The van der Waals surface area contributed by atoms with Crippen LogP contribution in [-0.2, 0) is 0 Å². The molecule has 2 rings (SSSR count). The lowest BCUT2D eigenvalue weighted by Gasteiger charge is -1.93. The van der Waals surface area contributed by atoms with Gasteiger partial charge in [-0.2, -0.15) is 4.98 Å². The highest BCUT2D eigenvalue weighted by Crippen LogP contribution is 2.16. The van der Waals surface area contributed by atoms with Gasteiger partial charge in [-0.05, 0) is 0 Å². The zero-order valence-electron chi connectivity index (χ0n) is 6.18. The van der Waals surface area contributed by atoms with E-state index in [1.807, 2.05) is 0 Å². The highest BCUT2D eigenvalue weighted by atomic mass is 16.5. The van der Waals surface area contributed by atoms with Gasteiger partial charge in [-0.1, -0.05) is 0 Å². The van der Waals surface area contributed by atoms with Gasteiger partial charge in [0.05, 0.1) is 6.07 Å². The van der Waals surface area contributed by atoms with Gasteiger partial charge in [0.25, 0.3) is 5.56 Å². The number of hydrogen-bond acceptors (Lipinski definition) is 6. The Morgan fingerprint density at radius 1 is 1.38 bits per heavy atom. The molecule has 0 radical (unpaired) electrons. The third kappa shape index (κ3) is 1.08. The Morgan fingerprint density at radius 3 is 2.92 bits per heavy atom. The second kappa shape index (κ2) is 2.44. The van der Waals surface area contributed by atoms with Crippen molar-refractivity contribution in [1.82, 2.24) is 4.98 Å². The van der Waals surface area contributed by atoms with Crippen LogP contribution < -0.4 is 11.2 Å². The zero-order chi connectivity index (χ0) is 9.42. The molecule has 2 heterocycles. The van der Waals surface area contributed by atoms with Crippen molar-refractivity contribution in [3.05, 3.63) is 33.2 Å². The van der Waals surface area contributed by atoms with E-state index in [1.54, 1.807) is 0 Å². The van der Waals surface area contributed by atoms with Gasteiger partial charge in [0, 0.05) is 0 Å². The van der Waals surface area contributed by atoms with E-state index < -0.39 is 17.1 Å². The molecule has 0 saturated carbocycles. The third-order valence-electron chi connectivity index (χ3n) is 1.47. The number of aromatic nitrogens is 1. The van der Waals surface area contributed by atoms with Gasteiger partial charge in [0.2, 0.25) is 0 Å². The molecule has 0 aliphatic rings. The first-order valence-electron chi connectivity index (χ1n) is 3.29. The molecule has 0 amide bonds. The predicted molar refractivity (Wildman–Crippen MR) is 40.5 cm³/mol. The van der Waals surface area contributed by atoms with Crippen LogP contribution in [-0.4, -0.2) is 10.1 Å². The Kier molecular flexibility index (Phi) is 1.42. The fraction of sp³-hybridized carbons (Fsp3) is 0. The molecular formula is C7H3NO5. The van der Waals surface area contributed by atoms with E-state index in [1.165, 1.54) is 0 Å². The monoisotopic (exact) mass is 181 g/mol. The molecule has 0 bridgehead atoms. The number of fused-ring (bicyclic) bond motifs is 1. The van der Waals surface area contributed by atoms with E-state index in [9.17, 15) is 9.59 Å². The zero-order valence-corrected chi connectivity index (χ0v) is 6.18. The van der Waals surface area contributed by atoms with Crippen molar-refractivity contribution in [2.75, 3.05) is 0 Å². The minimum Gasteiger partial charge on any atom is -0.480 e. The van der Waals surface area contributed by atoms with Crippen molar-refractivity contribution >= 4 is 11.0 Å². The highest BCUT2D eigenvalue weighted by Gasteiger charge is 2.09. The first-order chi connectivity index (χ1) is 6.18. The van der Waals surface area contributed by atoms with Gasteiger partial charge in [0.1, 0.15) is 0 Å². The Balaban J connectivity index is 3.12. The Morgan fingerprint density at radius 2 is 2.15 bits per heavy atom. The molecule has 0 atom stereocenters. The maximum Gasteiger partial charge on any atom is 0.342 e. The van der Waals surface area contributed by atoms with Gasteiger partial charge < -0.3 is 13.9 Å². The molecule has 0 fully saturated rings. The van der Waals surface area contributed by atoms with Crippen molar-refractivity contribution in [2.45, 2.75) is 0 Å². The maximum atomic E-state index is 11.0. The molecular weight excluding hydrogens is 178 g/mol. The Labute approximate surface area is 70.1 Å². The maximum absolute atomic E-state index is 11.0. The average Bonchev–Trinajstić information content (AvgIpc) is 2.02. The van der Waals surface area contributed by atoms with Crippen LogP contribution in [0.2, 0.25) is 0 Å². The summed E-state index contributed by atoms with van der Waals surface area (Å²) in [6.07, 6.45) is 0.892. The number of aromatic hydroxyl groups is 1. The second-order valence-electron chi connectivity index (χ2n) is 2.27. The molecule has 2 aromatic rings. The van der Waals surface area contributed by atoms with Crippen LogP contribution in [0.1, 0.15) is 0 Å². The summed E-state index contributed by atoms with van der Waals surface area (Å²) in [5.74, 6) is -0.774. The van der Waals surface area contributed by atoms with Gasteiger partial charge in [0.15, 0.2) is 17.4 Å². The summed E-state index contributed by atoms with van der Waals surface area (Å²) in [5.41, 5.74) is -1.55. The molecule has 2 aromatic heterocycles. The van der Waals surface area contributed by atoms with Gasteiger partial charge >= 0.3 is 11.6 Å². The highest BCUT2D eigenvalue weighted by molar-refractivity contribution is 5.78. The van der Waals surface area contributed by atoms with E-state index in [-0.39, 0.29) is 11.0 Å². The summed E-state index contributed by atoms with van der Waals surface area (Å²) < 4.78 is 8.99. The second-order valence-corrected chi connectivity index (χ2v) is 2.27. The summed E-state index contributed by atoms with van der Waals surface area (Å²) in [7, 11) is 0. The van der Waals surface area contributed by atoms with Crippen LogP contribution >= 0.6 is 0 Å². The van der Waals surface area contributed by atoms with Gasteiger partial charge in [-0.15, -0.1) is 0 Å². The quantitative estimate of drug-likeness (QED) is 0.607. The van der Waals surface area contributed by atoms with Crippen molar-refractivity contribution in [1.29, 1.82) is 0 Å².